The molecule has 7 heteroatoms. The van der Waals surface area contributed by atoms with Gasteiger partial charge in [0.05, 0.1) is 19.2 Å². The topological polar surface area (TPSA) is 58.6 Å². The molecule has 0 aliphatic rings. The van der Waals surface area contributed by atoms with Gasteiger partial charge in [-0.3, -0.25) is 9.69 Å². The van der Waals surface area contributed by atoms with Crippen molar-refractivity contribution in [1.82, 2.24) is 4.90 Å². The predicted molar refractivity (Wildman–Crippen MR) is 99.2 cm³/mol. The molecule has 0 saturated heterocycles. The van der Waals surface area contributed by atoms with E-state index in [0.29, 0.717) is 27.8 Å². The highest BCUT2D eigenvalue weighted by Gasteiger charge is 2.11. The SMILES string of the molecule is COC(=O)c1ccc(NC(=O)CN(C)Cc2ccc(Cl)cc2Cl)cc1. The average molecular weight is 381 g/mol. The summed E-state index contributed by atoms with van der Waals surface area (Å²) in [5.74, 6) is -0.587. The first-order chi connectivity index (χ1) is 11.9. The van der Waals surface area contributed by atoms with Crippen molar-refractivity contribution in [2.45, 2.75) is 6.54 Å². The maximum atomic E-state index is 12.1. The molecular formula is C18H18Cl2N2O3. The number of anilines is 1. The fourth-order valence-electron chi connectivity index (χ4n) is 2.25. The average Bonchev–Trinajstić information content (AvgIpc) is 2.57. The van der Waals surface area contributed by atoms with Crippen molar-refractivity contribution < 1.29 is 14.3 Å². The lowest BCUT2D eigenvalue weighted by Gasteiger charge is -2.17. The lowest BCUT2D eigenvalue weighted by Crippen LogP contribution is -2.29. The van der Waals surface area contributed by atoms with Crippen LogP contribution in [0.15, 0.2) is 42.5 Å². The first kappa shape index (κ1) is 19.2. The molecule has 0 radical (unpaired) electrons. The predicted octanol–water partition coefficient (Wildman–Crippen LogP) is 3.85. The van der Waals surface area contributed by atoms with Crippen LogP contribution in [0.1, 0.15) is 15.9 Å². The fraction of sp³-hybridized carbons (Fsp3) is 0.222. The van der Waals surface area contributed by atoms with Crippen molar-refractivity contribution in [3.8, 4) is 0 Å². The van der Waals surface area contributed by atoms with Gasteiger partial charge >= 0.3 is 5.97 Å². The van der Waals surface area contributed by atoms with E-state index in [9.17, 15) is 9.59 Å². The van der Waals surface area contributed by atoms with Gasteiger partial charge in [-0.2, -0.15) is 0 Å². The van der Waals surface area contributed by atoms with Crippen molar-refractivity contribution >= 4 is 40.8 Å². The Labute approximate surface area is 156 Å². The summed E-state index contributed by atoms with van der Waals surface area (Å²) in [5, 5.41) is 3.92. The van der Waals surface area contributed by atoms with Crippen LogP contribution in [0, 0.1) is 0 Å². The molecule has 0 bridgehead atoms. The van der Waals surface area contributed by atoms with E-state index >= 15 is 0 Å². The molecule has 0 saturated carbocycles. The highest BCUT2D eigenvalue weighted by molar-refractivity contribution is 6.35. The summed E-state index contributed by atoms with van der Waals surface area (Å²) in [5.41, 5.74) is 1.93. The number of rotatable bonds is 6. The number of amides is 1. The summed E-state index contributed by atoms with van der Waals surface area (Å²) in [6.45, 7) is 0.711. The zero-order valence-electron chi connectivity index (χ0n) is 13.9. The minimum absolute atomic E-state index is 0.168. The standard InChI is InChI=1S/C18H18Cl2N2O3/c1-22(10-13-3-6-14(19)9-16(13)20)11-17(23)21-15-7-4-12(5-8-15)18(24)25-2/h3-9H,10-11H2,1-2H3,(H,21,23). The lowest BCUT2D eigenvalue weighted by atomic mass is 10.2. The number of nitrogens with one attached hydrogen (secondary N) is 1. The lowest BCUT2D eigenvalue weighted by molar-refractivity contribution is -0.117. The largest absolute Gasteiger partial charge is 0.465 e. The van der Waals surface area contributed by atoms with Gasteiger partial charge in [-0.15, -0.1) is 0 Å². The number of hydrogen-bond donors (Lipinski definition) is 1. The Morgan fingerprint density at radius 2 is 1.80 bits per heavy atom. The summed E-state index contributed by atoms with van der Waals surface area (Å²) >= 11 is 12.0. The monoisotopic (exact) mass is 380 g/mol. The molecule has 0 aliphatic carbocycles. The van der Waals surface area contributed by atoms with E-state index in [1.165, 1.54) is 7.11 Å². The molecule has 0 heterocycles. The number of hydrogen-bond acceptors (Lipinski definition) is 4. The molecule has 0 atom stereocenters. The Morgan fingerprint density at radius 3 is 2.40 bits per heavy atom. The third kappa shape index (κ3) is 5.74. The van der Waals surface area contributed by atoms with E-state index < -0.39 is 5.97 Å². The van der Waals surface area contributed by atoms with Gasteiger partial charge in [-0.1, -0.05) is 29.3 Å². The zero-order valence-corrected chi connectivity index (χ0v) is 15.4. The van der Waals surface area contributed by atoms with Crippen molar-refractivity contribution in [2.24, 2.45) is 0 Å². The second-order valence-electron chi connectivity index (χ2n) is 5.53. The number of esters is 1. The Bertz CT molecular complexity index is 763. The third-order valence-corrected chi connectivity index (χ3v) is 4.05. The van der Waals surface area contributed by atoms with Gasteiger partial charge in [0.25, 0.3) is 0 Å². The number of halogens is 2. The highest BCUT2D eigenvalue weighted by Crippen LogP contribution is 2.22. The van der Waals surface area contributed by atoms with Gasteiger partial charge in [0.15, 0.2) is 0 Å². The maximum absolute atomic E-state index is 12.1. The van der Waals surface area contributed by atoms with E-state index in [4.69, 9.17) is 23.2 Å². The minimum Gasteiger partial charge on any atom is -0.465 e. The van der Waals surface area contributed by atoms with Gasteiger partial charge in [0, 0.05) is 22.3 Å². The number of benzene rings is 2. The fourth-order valence-corrected chi connectivity index (χ4v) is 2.72. The van der Waals surface area contributed by atoms with Gasteiger partial charge in [0.1, 0.15) is 0 Å². The third-order valence-electron chi connectivity index (χ3n) is 3.46. The summed E-state index contributed by atoms with van der Waals surface area (Å²) in [6, 6.07) is 11.8. The van der Waals surface area contributed by atoms with Crippen LogP contribution in [-0.4, -0.2) is 37.5 Å². The number of ether oxygens (including phenoxy) is 1. The van der Waals surface area contributed by atoms with Gasteiger partial charge in [-0.05, 0) is 49.0 Å². The molecule has 2 rings (SSSR count). The number of nitrogens with zero attached hydrogens (tertiary/aromatic N) is 1. The van der Waals surface area contributed by atoms with Crippen LogP contribution in [0.5, 0.6) is 0 Å². The van der Waals surface area contributed by atoms with Crippen LogP contribution in [0.25, 0.3) is 0 Å². The molecular weight excluding hydrogens is 363 g/mol. The van der Waals surface area contributed by atoms with Crippen molar-refractivity contribution in [1.29, 1.82) is 0 Å². The molecule has 132 valence electrons. The number of likely N-dealkylation sites (N-methyl/N-ethyl adjacent to an activating group) is 1. The quantitative estimate of drug-likeness (QED) is 0.773. The van der Waals surface area contributed by atoms with Gasteiger partial charge in [0.2, 0.25) is 5.91 Å². The summed E-state index contributed by atoms with van der Waals surface area (Å²) < 4.78 is 4.63. The zero-order chi connectivity index (χ0) is 18.4. The van der Waals surface area contributed by atoms with Crippen LogP contribution in [0.2, 0.25) is 10.0 Å². The summed E-state index contributed by atoms with van der Waals surface area (Å²) in [4.78, 5) is 25.3. The van der Waals surface area contributed by atoms with E-state index in [1.807, 2.05) is 18.0 Å². The molecule has 0 fully saturated rings. The van der Waals surface area contributed by atoms with Gasteiger partial charge < -0.3 is 10.1 Å². The summed E-state index contributed by atoms with van der Waals surface area (Å²) in [6.07, 6.45) is 0. The number of methoxy groups -OCH3 is 1. The van der Waals surface area contributed by atoms with Crippen LogP contribution in [0.3, 0.4) is 0 Å². The number of carbonyl (C=O) groups excluding carboxylic acids is 2. The van der Waals surface area contributed by atoms with Gasteiger partial charge in [-0.25, -0.2) is 4.79 Å². The maximum Gasteiger partial charge on any atom is 0.337 e. The first-order valence-corrected chi connectivity index (χ1v) is 8.25. The molecule has 5 nitrogen and oxygen atoms in total. The highest BCUT2D eigenvalue weighted by atomic mass is 35.5. The van der Waals surface area contributed by atoms with Crippen LogP contribution in [0.4, 0.5) is 5.69 Å². The van der Waals surface area contributed by atoms with Crippen LogP contribution >= 0.6 is 23.2 Å². The van der Waals surface area contributed by atoms with Crippen LogP contribution in [-0.2, 0) is 16.1 Å². The van der Waals surface area contributed by atoms with Crippen LogP contribution < -0.4 is 5.32 Å². The minimum atomic E-state index is -0.419. The van der Waals surface area contributed by atoms with E-state index in [-0.39, 0.29) is 12.5 Å². The Morgan fingerprint density at radius 1 is 1.12 bits per heavy atom. The van der Waals surface area contributed by atoms with Crippen molar-refractivity contribution in [3.05, 3.63) is 63.6 Å². The van der Waals surface area contributed by atoms with E-state index in [0.717, 1.165) is 5.56 Å². The molecule has 0 aliphatic heterocycles. The molecule has 0 unspecified atom stereocenters. The van der Waals surface area contributed by atoms with E-state index in [1.54, 1.807) is 36.4 Å². The second kappa shape index (κ2) is 8.85. The summed E-state index contributed by atoms with van der Waals surface area (Å²) in [7, 11) is 3.14. The first-order valence-electron chi connectivity index (χ1n) is 7.49. The Kier molecular flexibility index (Phi) is 6.82. The second-order valence-corrected chi connectivity index (χ2v) is 6.37. The molecule has 2 aromatic carbocycles. The number of carbonyl (C=O) groups is 2. The molecule has 0 spiro atoms. The van der Waals surface area contributed by atoms with Crippen molar-refractivity contribution in [3.63, 3.8) is 0 Å². The molecule has 25 heavy (non-hydrogen) atoms. The smallest absolute Gasteiger partial charge is 0.337 e. The molecule has 2 aromatic rings. The Hall–Kier alpha value is -2.08. The molecule has 1 amide bonds. The molecule has 1 N–H and O–H groups in total. The Balaban J connectivity index is 1.89. The normalized spacial score (nSPS) is 10.6. The molecule has 0 aromatic heterocycles. The van der Waals surface area contributed by atoms with Crippen molar-refractivity contribution in [2.75, 3.05) is 26.0 Å². The van der Waals surface area contributed by atoms with E-state index in [2.05, 4.69) is 10.1 Å².